The Kier molecular flexibility index (Phi) is 6.03. The van der Waals surface area contributed by atoms with Gasteiger partial charge in [-0.25, -0.2) is 15.0 Å². The molecule has 2 aromatic heterocycles. The summed E-state index contributed by atoms with van der Waals surface area (Å²) < 4.78 is 6.44. The lowest BCUT2D eigenvalue weighted by Gasteiger charge is -2.31. The van der Waals surface area contributed by atoms with Gasteiger partial charge in [0.25, 0.3) is 0 Å². The number of amides is 1. The number of aryl methyl sites for hydroxylation is 1. The SMILES string of the molecule is Cc1ncc(-c2ccc3ncc(N)nc3c2OCC2(CNC(=O)C3CCCCN3C)CC2)cn1. The van der Waals surface area contributed by atoms with Gasteiger partial charge in [-0.15, -0.1) is 0 Å². The van der Waals surface area contributed by atoms with E-state index in [4.69, 9.17) is 10.5 Å². The van der Waals surface area contributed by atoms with Gasteiger partial charge in [-0.3, -0.25) is 14.7 Å². The zero-order chi connectivity index (χ0) is 23.7. The molecule has 1 unspecified atom stereocenters. The molecule has 1 aliphatic heterocycles. The molecule has 9 nitrogen and oxygen atoms in total. The van der Waals surface area contributed by atoms with Crippen molar-refractivity contribution in [2.75, 3.05) is 32.5 Å². The molecular weight excluding hydrogens is 430 g/mol. The van der Waals surface area contributed by atoms with Crippen LogP contribution in [0.5, 0.6) is 5.75 Å². The van der Waals surface area contributed by atoms with Gasteiger partial charge < -0.3 is 15.8 Å². The molecule has 1 atom stereocenters. The molecule has 34 heavy (non-hydrogen) atoms. The van der Waals surface area contributed by atoms with Gasteiger partial charge in [0, 0.05) is 35.5 Å². The van der Waals surface area contributed by atoms with Crippen LogP contribution in [0.15, 0.2) is 30.7 Å². The Bertz CT molecular complexity index is 1190. The summed E-state index contributed by atoms with van der Waals surface area (Å²) >= 11 is 0. The summed E-state index contributed by atoms with van der Waals surface area (Å²) in [4.78, 5) is 32.6. The third-order valence-electron chi connectivity index (χ3n) is 6.97. The van der Waals surface area contributed by atoms with E-state index in [1.165, 1.54) is 0 Å². The zero-order valence-corrected chi connectivity index (χ0v) is 19.8. The first kappa shape index (κ1) is 22.5. The zero-order valence-electron chi connectivity index (χ0n) is 19.8. The Morgan fingerprint density at radius 3 is 2.74 bits per heavy atom. The molecule has 0 bridgehead atoms. The monoisotopic (exact) mass is 461 g/mol. The van der Waals surface area contributed by atoms with Crippen LogP contribution in [0.4, 0.5) is 5.82 Å². The van der Waals surface area contributed by atoms with Crippen molar-refractivity contribution in [1.82, 2.24) is 30.2 Å². The second kappa shape index (κ2) is 9.13. The summed E-state index contributed by atoms with van der Waals surface area (Å²) in [5.74, 6) is 1.77. The van der Waals surface area contributed by atoms with Crippen molar-refractivity contribution in [3.8, 4) is 16.9 Å². The summed E-state index contributed by atoms with van der Waals surface area (Å²) in [6, 6.07) is 3.82. The molecule has 0 spiro atoms. The van der Waals surface area contributed by atoms with E-state index in [0.29, 0.717) is 41.6 Å². The lowest BCUT2D eigenvalue weighted by atomic mass is 10.0. The minimum atomic E-state index is -0.0696. The van der Waals surface area contributed by atoms with Crippen molar-refractivity contribution >= 4 is 22.8 Å². The molecule has 1 aliphatic carbocycles. The molecule has 2 aliphatic rings. The number of ether oxygens (including phenoxy) is 1. The van der Waals surface area contributed by atoms with Crippen LogP contribution in [-0.2, 0) is 4.79 Å². The molecule has 3 heterocycles. The smallest absolute Gasteiger partial charge is 0.237 e. The molecule has 1 aromatic carbocycles. The van der Waals surface area contributed by atoms with Crippen molar-refractivity contribution in [2.24, 2.45) is 5.41 Å². The van der Waals surface area contributed by atoms with Gasteiger partial charge in [0.2, 0.25) is 5.91 Å². The van der Waals surface area contributed by atoms with Crippen LogP contribution in [0, 0.1) is 12.3 Å². The number of nitrogen functional groups attached to an aromatic ring is 1. The Hall–Kier alpha value is -3.33. The van der Waals surface area contributed by atoms with Crippen LogP contribution in [0.25, 0.3) is 22.2 Å². The molecule has 9 heteroatoms. The van der Waals surface area contributed by atoms with Gasteiger partial charge >= 0.3 is 0 Å². The van der Waals surface area contributed by atoms with Crippen molar-refractivity contribution in [3.63, 3.8) is 0 Å². The number of likely N-dealkylation sites (tertiary alicyclic amines) is 1. The van der Waals surface area contributed by atoms with E-state index in [2.05, 4.69) is 30.2 Å². The predicted octanol–water partition coefficient (Wildman–Crippen LogP) is 2.74. The number of carbonyl (C=O) groups excluding carboxylic acids is 1. The second-order valence-corrected chi connectivity index (χ2v) is 9.62. The number of nitrogens with one attached hydrogen (secondary N) is 1. The number of anilines is 1. The number of aromatic nitrogens is 4. The fourth-order valence-corrected chi connectivity index (χ4v) is 4.54. The topological polar surface area (TPSA) is 119 Å². The van der Waals surface area contributed by atoms with E-state index in [1.807, 2.05) is 26.1 Å². The number of likely N-dealkylation sites (N-methyl/N-ethyl adjacent to an activating group) is 1. The maximum absolute atomic E-state index is 12.8. The lowest BCUT2D eigenvalue weighted by Crippen LogP contribution is -2.49. The van der Waals surface area contributed by atoms with Crippen molar-refractivity contribution in [2.45, 2.75) is 45.1 Å². The number of hydrogen-bond acceptors (Lipinski definition) is 8. The fourth-order valence-electron chi connectivity index (χ4n) is 4.54. The highest BCUT2D eigenvalue weighted by Gasteiger charge is 2.44. The Balaban J connectivity index is 1.35. The molecule has 5 rings (SSSR count). The van der Waals surface area contributed by atoms with Crippen molar-refractivity contribution in [1.29, 1.82) is 0 Å². The Morgan fingerprint density at radius 1 is 1.21 bits per heavy atom. The van der Waals surface area contributed by atoms with E-state index in [1.54, 1.807) is 18.6 Å². The largest absolute Gasteiger partial charge is 0.490 e. The fraction of sp³-hybridized carbons (Fsp3) is 0.480. The van der Waals surface area contributed by atoms with E-state index in [-0.39, 0.29) is 17.4 Å². The molecule has 3 aromatic rings. The first-order valence-corrected chi connectivity index (χ1v) is 11.9. The third kappa shape index (κ3) is 4.65. The quantitative estimate of drug-likeness (QED) is 0.551. The van der Waals surface area contributed by atoms with Crippen LogP contribution < -0.4 is 15.8 Å². The summed E-state index contributed by atoms with van der Waals surface area (Å²) in [7, 11) is 2.03. The van der Waals surface area contributed by atoms with E-state index >= 15 is 0 Å². The second-order valence-electron chi connectivity index (χ2n) is 9.62. The number of rotatable bonds is 7. The molecule has 0 radical (unpaired) electrons. The summed E-state index contributed by atoms with van der Waals surface area (Å²) in [5, 5.41) is 3.19. The highest BCUT2D eigenvalue weighted by atomic mass is 16.5. The van der Waals surface area contributed by atoms with E-state index in [9.17, 15) is 4.79 Å². The first-order valence-electron chi connectivity index (χ1n) is 11.9. The van der Waals surface area contributed by atoms with Gasteiger partial charge in [0.15, 0.2) is 5.75 Å². The van der Waals surface area contributed by atoms with E-state index < -0.39 is 0 Å². The molecule has 1 saturated heterocycles. The van der Waals surface area contributed by atoms with E-state index in [0.717, 1.165) is 49.8 Å². The van der Waals surface area contributed by atoms with Crippen LogP contribution in [0.3, 0.4) is 0 Å². The number of piperidine rings is 1. The van der Waals surface area contributed by atoms with Crippen LogP contribution in [-0.4, -0.2) is 63.5 Å². The number of fused-ring (bicyclic) bond motifs is 1. The molecule has 1 saturated carbocycles. The van der Waals surface area contributed by atoms with Gasteiger partial charge in [0.1, 0.15) is 17.2 Å². The Labute approximate surface area is 199 Å². The number of nitrogens with two attached hydrogens (primary N) is 1. The van der Waals surface area contributed by atoms with Gasteiger partial charge in [-0.2, -0.15) is 0 Å². The van der Waals surface area contributed by atoms with Crippen molar-refractivity contribution < 1.29 is 9.53 Å². The third-order valence-corrected chi connectivity index (χ3v) is 6.97. The summed E-state index contributed by atoms with van der Waals surface area (Å²) in [5.41, 5.74) is 8.89. The average molecular weight is 462 g/mol. The van der Waals surface area contributed by atoms with Crippen molar-refractivity contribution in [3.05, 3.63) is 36.5 Å². The molecule has 3 N–H and O–H groups in total. The maximum atomic E-state index is 12.8. The van der Waals surface area contributed by atoms with Crippen LogP contribution >= 0.6 is 0 Å². The molecular formula is C25H31N7O2. The summed E-state index contributed by atoms with van der Waals surface area (Å²) in [6.45, 7) is 3.91. The minimum Gasteiger partial charge on any atom is -0.490 e. The number of benzene rings is 1. The Morgan fingerprint density at radius 2 is 2.00 bits per heavy atom. The lowest BCUT2D eigenvalue weighted by molar-refractivity contribution is -0.127. The van der Waals surface area contributed by atoms with Gasteiger partial charge in [0.05, 0.1) is 24.4 Å². The van der Waals surface area contributed by atoms with Crippen LogP contribution in [0.1, 0.15) is 37.9 Å². The molecule has 178 valence electrons. The standard InChI is InChI=1S/C25H31N7O2/c1-16-27-11-17(12-28-16)18-6-7-19-22(31-21(26)13-29-19)23(18)34-15-25(8-9-25)14-30-24(33)20-5-3-4-10-32(20)2/h6-7,11-13,20H,3-5,8-10,14-15H2,1-2H3,(H2,26,31)(H,30,33). The highest BCUT2D eigenvalue weighted by Crippen LogP contribution is 2.46. The normalized spacial score (nSPS) is 19.6. The summed E-state index contributed by atoms with van der Waals surface area (Å²) in [6.07, 6.45) is 10.3. The maximum Gasteiger partial charge on any atom is 0.237 e. The number of carbonyl (C=O) groups is 1. The first-order chi connectivity index (χ1) is 16.4. The van der Waals surface area contributed by atoms with Gasteiger partial charge in [-0.05, 0) is 58.3 Å². The number of nitrogens with zero attached hydrogens (tertiary/aromatic N) is 5. The molecule has 2 fully saturated rings. The average Bonchev–Trinajstić information content (AvgIpc) is 3.62. The minimum absolute atomic E-state index is 0.0325. The highest BCUT2D eigenvalue weighted by molar-refractivity contribution is 5.90. The number of hydrogen-bond donors (Lipinski definition) is 2. The van der Waals surface area contributed by atoms with Crippen LogP contribution in [0.2, 0.25) is 0 Å². The predicted molar refractivity (Wildman–Crippen MR) is 130 cm³/mol. The van der Waals surface area contributed by atoms with Gasteiger partial charge in [-0.1, -0.05) is 6.42 Å². The molecule has 1 amide bonds.